The molecule has 1 aromatic heterocycles. The number of amides is 1. The first-order valence-electron chi connectivity index (χ1n) is 11.8. The molecule has 4 aromatic rings. The molecule has 0 radical (unpaired) electrons. The first-order valence-corrected chi connectivity index (χ1v) is 11.8. The summed E-state index contributed by atoms with van der Waals surface area (Å²) in [5.41, 5.74) is 5.23. The third-order valence-corrected chi connectivity index (χ3v) is 5.65. The van der Waals surface area contributed by atoms with Gasteiger partial charge in [-0.15, -0.1) is 0 Å². The number of aromatic nitrogens is 1. The summed E-state index contributed by atoms with van der Waals surface area (Å²) in [6.07, 6.45) is 2.33. The third-order valence-electron chi connectivity index (χ3n) is 5.65. The number of aliphatic hydroxyl groups is 1. The van der Waals surface area contributed by atoms with E-state index in [-0.39, 0.29) is 18.6 Å². The zero-order chi connectivity index (χ0) is 24.8. The smallest absolute Gasteiger partial charge is 0.255 e. The van der Waals surface area contributed by atoms with E-state index in [9.17, 15) is 9.90 Å². The number of aliphatic hydroxyl groups excluding tert-OH is 1. The molecule has 0 bridgehead atoms. The third kappa shape index (κ3) is 6.11. The second-order valence-electron chi connectivity index (χ2n) is 8.91. The largest absolute Gasteiger partial charge is 0.490 e. The molecule has 0 aliphatic carbocycles. The number of H-pyrrole nitrogens is 1. The molecule has 5 heteroatoms. The van der Waals surface area contributed by atoms with Gasteiger partial charge in [-0.2, -0.15) is 0 Å². The van der Waals surface area contributed by atoms with Crippen LogP contribution in [0.5, 0.6) is 5.75 Å². The number of benzene rings is 3. The maximum Gasteiger partial charge on any atom is 0.255 e. The summed E-state index contributed by atoms with van der Waals surface area (Å²) in [7, 11) is 0. The molecule has 0 saturated heterocycles. The highest BCUT2D eigenvalue weighted by molar-refractivity contribution is 5.97. The highest BCUT2D eigenvalue weighted by Crippen LogP contribution is 2.23. The lowest BCUT2D eigenvalue weighted by Crippen LogP contribution is -2.39. The molecule has 0 spiro atoms. The molecule has 3 aromatic carbocycles. The Kier molecular flexibility index (Phi) is 7.54. The number of aryl methyl sites for hydroxylation is 1. The number of para-hydroxylation sites is 1. The fourth-order valence-electron chi connectivity index (χ4n) is 4.00. The van der Waals surface area contributed by atoms with Crippen molar-refractivity contribution in [3.63, 3.8) is 0 Å². The van der Waals surface area contributed by atoms with Crippen molar-refractivity contribution in [3.05, 3.63) is 101 Å². The predicted molar refractivity (Wildman–Crippen MR) is 140 cm³/mol. The van der Waals surface area contributed by atoms with Gasteiger partial charge in [-0.1, -0.05) is 42.2 Å². The summed E-state index contributed by atoms with van der Waals surface area (Å²) in [5.74, 6) is 6.49. The van der Waals surface area contributed by atoms with Gasteiger partial charge in [-0.05, 0) is 74.7 Å². The average Bonchev–Trinajstić information content (AvgIpc) is 3.25. The lowest BCUT2D eigenvalue weighted by Gasteiger charge is -2.19. The fourth-order valence-corrected chi connectivity index (χ4v) is 4.00. The normalized spacial score (nSPS) is 11.7. The number of carbonyl (C=O) groups is 1. The van der Waals surface area contributed by atoms with Crippen LogP contribution in [0.3, 0.4) is 0 Å². The molecule has 1 amide bonds. The van der Waals surface area contributed by atoms with E-state index < -0.39 is 6.04 Å². The Morgan fingerprint density at radius 3 is 2.54 bits per heavy atom. The molecular weight excluding hydrogens is 436 g/mol. The number of hydrogen-bond donors (Lipinski definition) is 3. The quantitative estimate of drug-likeness (QED) is 0.336. The standard InChI is InChI=1S/C30H30N2O3/c1-20(2)35-29-14-13-23(12-11-22-8-6-7-21(3)15-22)16-27(29)30(34)32-25(19-33)17-24-18-31-28-10-5-4-9-26(24)28/h4-10,13-16,18,20,25,31,33H,17,19H2,1-3H3,(H,32,34). The van der Waals surface area contributed by atoms with Crippen LogP contribution in [-0.4, -0.2) is 34.8 Å². The zero-order valence-corrected chi connectivity index (χ0v) is 20.3. The van der Waals surface area contributed by atoms with Crippen LogP contribution in [0, 0.1) is 18.8 Å². The first-order chi connectivity index (χ1) is 16.9. The van der Waals surface area contributed by atoms with Crippen LogP contribution in [0.4, 0.5) is 0 Å². The molecule has 1 atom stereocenters. The molecule has 5 nitrogen and oxygen atoms in total. The van der Waals surface area contributed by atoms with Gasteiger partial charge < -0.3 is 20.1 Å². The lowest BCUT2D eigenvalue weighted by atomic mass is 10.0. The summed E-state index contributed by atoms with van der Waals surface area (Å²) < 4.78 is 5.90. The summed E-state index contributed by atoms with van der Waals surface area (Å²) >= 11 is 0. The number of rotatable bonds is 7. The Labute approximate surface area is 206 Å². The van der Waals surface area contributed by atoms with Gasteiger partial charge in [-0.25, -0.2) is 0 Å². The van der Waals surface area contributed by atoms with Crippen molar-refractivity contribution in [2.75, 3.05) is 6.61 Å². The number of carbonyl (C=O) groups excluding carboxylic acids is 1. The van der Waals surface area contributed by atoms with E-state index in [1.807, 2.05) is 81.6 Å². The van der Waals surface area contributed by atoms with Gasteiger partial charge in [-0.3, -0.25) is 4.79 Å². The van der Waals surface area contributed by atoms with Gasteiger partial charge in [0.05, 0.1) is 24.3 Å². The van der Waals surface area contributed by atoms with Crippen LogP contribution >= 0.6 is 0 Å². The minimum atomic E-state index is -0.448. The van der Waals surface area contributed by atoms with E-state index in [2.05, 4.69) is 22.1 Å². The van der Waals surface area contributed by atoms with Crippen molar-refractivity contribution in [2.45, 2.75) is 39.3 Å². The summed E-state index contributed by atoms with van der Waals surface area (Å²) in [6, 6.07) is 20.9. The summed E-state index contributed by atoms with van der Waals surface area (Å²) in [4.78, 5) is 16.6. The van der Waals surface area contributed by atoms with E-state index in [0.29, 0.717) is 23.3 Å². The van der Waals surface area contributed by atoms with Crippen molar-refractivity contribution >= 4 is 16.8 Å². The fraction of sp³-hybridized carbons (Fsp3) is 0.233. The number of fused-ring (bicyclic) bond motifs is 1. The van der Waals surface area contributed by atoms with E-state index in [1.54, 1.807) is 12.1 Å². The van der Waals surface area contributed by atoms with E-state index in [0.717, 1.165) is 27.6 Å². The van der Waals surface area contributed by atoms with Crippen molar-refractivity contribution in [1.82, 2.24) is 10.3 Å². The minimum absolute atomic E-state index is 0.0920. The maximum atomic E-state index is 13.3. The molecule has 4 rings (SSSR count). The van der Waals surface area contributed by atoms with Gasteiger partial charge in [0.2, 0.25) is 0 Å². The SMILES string of the molecule is Cc1cccc(C#Cc2ccc(OC(C)C)c(C(=O)NC(CO)Cc3c[nH]c4ccccc34)c2)c1. The van der Waals surface area contributed by atoms with Crippen molar-refractivity contribution in [2.24, 2.45) is 0 Å². The van der Waals surface area contributed by atoms with Crippen LogP contribution in [0.2, 0.25) is 0 Å². The Bertz CT molecular complexity index is 1390. The minimum Gasteiger partial charge on any atom is -0.490 e. The second kappa shape index (κ2) is 10.9. The van der Waals surface area contributed by atoms with Crippen LogP contribution in [-0.2, 0) is 6.42 Å². The van der Waals surface area contributed by atoms with Gasteiger partial charge in [0.1, 0.15) is 5.75 Å². The van der Waals surface area contributed by atoms with Gasteiger partial charge in [0.25, 0.3) is 5.91 Å². The van der Waals surface area contributed by atoms with E-state index >= 15 is 0 Å². The molecule has 0 aliphatic rings. The number of hydrogen-bond acceptors (Lipinski definition) is 3. The molecule has 0 aliphatic heterocycles. The van der Waals surface area contributed by atoms with Crippen LogP contribution < -0.4 is 10.1 Å². The van der Waals surface area contributed by atoms with Crippen molar-refractivity contribution < 1.29 is 14.6 Å². The van der Waals surface area contributed by atoms with E-state index in [1.165, 1.54) is 0 Å². The number of nitrogens with one attached hydrogen (secondary N) is 2. The topological polar surface area (TPSA) is 74.3 Å². The average molecular weight is 467 g/mol. The molecule has 3 N–H and O–H groups in total. The molecule has 178 valence electrons. The molecular formula is C30H30N2O3. The van der Waals surface area contributed by atoms with Gasteiger partial charge >= 0.3 is 0 Å². The summed E-state index contributed by atoms with van der Waals surface area (Å²) in [6.45, 7) is 5.68. The second-order valence-corrected chi connectivity index (χ2v) is 8.91. The van der Waals surface area contributed by atoms with Gasteiger partial charge in [0.15, 0.2) is 0 Å². The van der Waals surface area contributed by atoms with Crippen LogP contribution in [0.15, 0.2) is 72.9 Å². The zero-order valence-electron chi connectivity index (χ0n) is 20.3. The Hall–Kier alpha value is -4.01. The first kappa shape index (κ1) is 24.1. The number of ether oxygens (including phenoxy) is 1. The van der Waals surface area contributed by atoms with Crippen molar-refractivity contribution in [1.29, 1.82) is 0 Å². The lowest BCUT2D eigenvalue weighted by molar-refractivity contribution is 0.0910. The molecule has 0 fully saturated rings. The molecule has 1 unspecified atom stereocenters. The highest BCUT2D eigenvalue weighted by Gasteiger charge is 2.19. The Balaban J connectivity index is 1.58. The summed E-state index contributed by atoms with van der Waals surface area (Å²) in [5, 5.41) is 14.1. The predicted octanol–water partition coefficient (Wildman–Crippen LogP) is 5.00. The van der Waals surface area contributed by atoms with Crippen LogP contribution in [0.1, 0.15) is 46.5 Å². The monoisotopic (exact) mass is 466 g/mol. The number of aromatic amines is 1. The maximum absolute atomic E-state index is 13.3. The Morgan fingerprint density at radius 2 is 1.80 bits per heavy atom. The van der Waals surface area contributed by atoms with Crippen LogP contribution in [0.25, 0.3) is 10.9 Å². The Morgan fingerprint density at radius 1 is 1.03 bits per heavy atom. The molecule has 0 saturated carbocycles. The van der Waals surface area contributed by atoms with E-state index in [4.69, 9.17) is 4.74 Å². The highest BCUT2D eigenvalue weighted by atomic mass is 16.5. The molecule has 35 heavy (non-hydrogen) atoms. The molecule has 1 heterocycles. The van der Waals surface area contributed by atoms with Crippen molar-refractivity contribution in [3.8, 4) is 17.6 Å². The van der Waals surface area contributed by atoms with Gasteiger partial charge in [0, 0.05) is 28.2 Å².